The van der Waals surface area contributed by atoms with Crippen LogP contribution in [0.15, 0.2) is 53.4 Å². The molecule has 0 saturated carbocycles. The van der Waals surface area contributed by atoms with Gasteiger partial charge in [-0.1, -0.05) is 24.3 Å². The quantitative estimate of drug-likeness (QED) is 0.645. The summed E-state index contributed by atoms with van der Waals surface area (Å²) in [6.07, 6.45) is 3.32. The van der Waals surface area contributed by atoms with Gasteiger partial charge in [-0.2, -0.15) is 0 Å². The highest BCUT2D eigenvalue weighted by Crippen LogP contribution is 2.32. The van der Waals surface area contributed by atoms with Gasteiger partial charge in [-0.15, -0.1) is 11.8 Å². The molecule has 17 heavy (non-hydrogen) atoms. The summed E-state index contributed by atoms with van der Waals surface area (Å²) in [6, 6.07) is 15.4. The Morgan fingerprint density at radius 1 is 1.00 bits per heavy atom. The zero-order valence-electron chi connectivity index (χ0n) is 9.51. The van der Waals surface area contributed by atoms with E-state index in [0.29, 0.717) is 5.75 Å². The summed E-state index contributed by atoms with van der Waals surface area (Å²) in [5.74, 6) is 1.54. The number of ether oxygens (including phenoxy) is 1. The Morgan fingerprint density at radius 3 is 2.35 bits per heavy atom. The third kappa shape index (κ3) is 2.68. The van der Waals surface area contributed by atoms with Gasteiger partial charge in [-0.3, -0.25) is 0 Å². The normalized spacial score (nSPS) is 9.94. The van der Waals surface area contributed by atoms with E-state index < -0.39 is 0 Å². The van der Waals surface area contributed by atoms with Gasteiger partial charge in [0.25, 0.3) is 0 Å². The number of nitrogens with one attached hydrogen (secondary N) is 1. The van der Waals surface area contributed by atoms with Crippen LogP contribution in [0.3, 0.4) is 0 Å². The Labute approximate surface area is 105 Å². The van der Waals surface area contributed by atoms with Gasteiger partial charge in [0.15, 0.2) is 0 Å². The van der Waals surface area contributed by atoms with Crippen molar-refractivity contribution in [3.63, 3.8) is 0 Å². The van der Waals surface area contributed by atoms with E-state index >= 15 is 0 Å². The van der Waals surface area contributed by atoms with E-state index in [4.69, 9.17) is 10.1 Å². The Morgan fingerprint density at radius 2 is 1.65 bits per heavy atom. The van der Waals surface area contributed by atoms with Gasteiger partial charge >= 0.3 is 0 Å². The van der Waals surface area contributed by atoms with Crippen molar-refractivity contribution in [3.05, 3.63) is 54.1 Å². The lowest BCUT2D eigenvalue weighted by molar-refractivity contribution is 0.470. The first-order chi connectivity index (χ1) is 8.35. The molecule has 0 saturated heterocycles. The zero-order chi connectivity index (χ0) is 12.1. The van der Waals surface area contributed by atoms with E-state index in [2.05, 4.69) is 0 Å². The van der Waals surface area contributed by atoms with Crippen LogP contribution in [0.4, 0.5) is 0 Å². The van der Waals surface area contributed by atoms with Gasteiger partial charge in [0.2, 0.25) is 0 Å². The number of hydrogen-bond donors (Lipinski definition) is 1. The molecule has 2 aromatic rings. The molecule has 0 aliphatic rings. The standard InChI is InChI=1S/C14H13NOS/c1-17-14-9-5-4-8-13(14)16-12-7-3-2-6-11(12)10-15/h2-10,15H,1H3. The third-order valence-electron chi connectivity index (χ3n) is 2.36. The van der Waals surface area contributed by atoms with Gasteiger partial charge in [-0.25, -0.2) is 0 Å². The minimum Gasteiger partial charge on any atom is -0.456 e. The van der Waals surface area contributed by atoms with Gasteiger partial charge in [0, 0.05) is 16.7 Å². The molecule has 0 fully saturated rings. The monoisotopic (exact) mass is 243 g/mol. The molecule has 0 unspecified atom stereocenters. The zero-order valence-corrected chi connectivity index (χ0v) is 10.3. The van der Waals surface area contributed by atoms with Crippen molar-refractivity contribution in [2.24, 2.45) is 0 Å². The summed E-state index contributed by atoms with van der Waals surface area (Å²) >= 11 is 1.65. The highest BCUT2D eigenvalue weighted by Gasteiger charge is 2.05. The number of thioether (sulfide) groups is 1. The van der Waals surface area contributed by atoms with Gasteiger partial charge in [0.05, 0.1) is 0 Å². The maximum Gasteiger partial charge on any atom is 0.140 e. The average Bonchev–Trinajstić information content (AvgIpc) is 2.40. The van der Waals surface area contributed by atoms with E-state index in [1.165, 1.54) is 6.21 Å². The molecular weight excluding hydrogens is 230 g/mol. The molecular formula is C14H13NOS. The Bertz CT molecular complexity index is 525. The summed E-state index contributed by atoms with van der Waals surface area (Å²) in [5.41, 5.74) is 0.781. The number of rotatable bonds is 4. The lowest BCUT2D eigenvalue weighted by atomic mass is 10.2. The fourth-order valence-electron chi connectivity index (χ4n) is 1.51. The summed E-state index contributed by atoms with van der Waals surface area (Å²) in [7, 11) is 0. The summed E-state index contributed by atoms with van der Waals surface area (Å²) in [5, 5.41) is 7.34. The molecule has 2 rings (SSSR count). The fraction of sp³-hybridized carbons (Fsp3) is 0.0714. The number of para-hydroxylation sites is 2. The SMILES string of the molecule is CSc1ccccc1Oc1ccccc1C=N. The maximum absolute atomic E-state index is 7.34. The molecule has 1 N–H and O–H groups in total. The summed E-state index contributed by atoms with van der Waals surface area (Å²) in [4.78, 5) is 1.09. The van der Waals surface area contributed by atoms with E-state index in [1.54, 1.807) is 11.8 Å². The highest BCUT2D eigenvalue weighted by atomic mass is 32.2. The molecule has 3 heteroatoms. The lowest BCUT2D eigenvalue weighted by Crippen LogP contribution is -1.91. The molecule has 2 nitrogen and oxygen atoms in total. The van der Waals surface area contributed by atoms with Crippen molar-refractivity contribution in [2.75, 3.05) is 6.26 Å². The Hall–Kier alpha value is -1.74. The van der Waals surface area contributed by atoms with Crippen LogP contribution in [0.1, 0.15) is 5.56 Å². The number of hydrogen-bond acceptors (Lipinski definition) is 3. The van der Waals surface area contributed by atoms with Crippen molar-refractivity contribution in [3.8, 4) is 11.5 Å². The predicted molar refractivity (Wildman–Crippen MR) is 72.6 cm³/mol. The molecule has 0 amide bonds. The third-order valence-corrected chi connectivity index (χ3v) is 3.14. The van der Waals surface area contributed by atoms with Crippen LogP contribution in [-0.2, 0) is 0 Å². The molecule has 0 spiro atoms. The van der Waals surface area contributed by atoms with E-state index in [-0.39, 0.29) is 0 Å². The molecule has 0 atom stereocenters. The van der Waals surface area contributed by atoms with E-state index in [9.17, 15) is 0 Å². The van der Waals surface area contributed by atoms with Crippen LogP contribution in [0.25, 0.3) is 0 Å². The molecule has 86 valence electrons. The van der Waals surface area contributed by atoms with Crippen molar-refractivity contribution < 1.29 is 4.74 Å². The molecule has 0 heterocycles. The Kier molecular flexibility index (Phi) is 3.83. The molecule has 0 aliphatic carbocycles. The minimum atomic E-state index is 0.712. The highest BCUT2D eigenvalue weighted by molar-refractivity contribution is 7.98. The van der Waals surface area contributed by atoms with Crippen molar-refractivity contribution in [2.45, 2.75) is 4.90 Å². The van der Waals surface area contributed by atoms with Crippen molar-refractivity contribution in [1.82, 2.24) is 0 Å². The summed E-state index contributed by atoms with van der Waals surface area (Å²) < 4.78 is 5.85. The second-order valence-electron chi connectivity index (χ2n) is 3.44. The molecule has 2 aromatic carbocycles. The molecule has 0 bridgehead atoms. The molecule has 0 radical (unpaired) electrons. The first-order valence-electron chi connectivity index (χ1n) is 5.25. The van der Waals surface area contributed by atoms with Gasteiger partial charge in [0.1, 0.15) is 11.5 Å². The van der Waals surface area contributed by atoms with E-state index in [1.807, 2.05) is 54.8 Å². The Balaban J connectivity index is 2.34. The topological polar surface area (TPSA) is 33.1 Å². The second kappa shape index (κ2) is 5.55. The minimum absolute atomic E-state index is 0.712. The number of benzene rings is 2. The second-order valence-corrected chi connectivity index (χ2v) is 4.28. The largest absolute Gasteiger partial charge is 0.456 e. The predicted octanol–water partition coefficient (Wildman–Crippen LogP) is 4.20. The lowest BCUT2D eigenvalue weighted by Gasteiger charge is -2.11. The fourth-order valence-corrected chi connectivity index (χ4v) is 2.04. The van der Waals surface area contributed by atoms with Crippen molar-refractivity contribution >= 4 is 18.0 Å². The molecule has 0 aliphatic heterocycles. The van der Waals surface area contributed by atoms with Crippen LogP contribution in [-0.4, -0.2) is 12.5 Å². The van der Waals surface area contributed by atoms with Crippen LogP contribution in [0, 0.1) is 5.41 Å². The van der Waals surface area contributed by atoms with Gasteiger partial charge in [-0.05, 0) is 30.5 Å². The van der Waals surface area contributed by atoms with E-state index in [0.717, 1.165) is 16.2 Å². The van der Waals surface area contributed by atoms with Crippen molar-refractivity contribution in [1.29, 1.82) is 5.41 Å². The van der Waals surface area contributed by atoms with Crippen LogP contribution >= 0.6 is 11.8 Å². The van der Waals surface area contributed by atoms with Gasteiger partial charge < -0.3 is 10.1 Å². The summed E-state index contributed by atoms with van der Waals surface area (Å²) in [6.45, 7) is 0. The molecule has 0 aromatic heterocycles. The van der Waals surface area contributed by atoms with Crippen LogP contribution < -0.4 is 4.74 Å². The first-order valence-corrected chi connectivity index (χ1v) is 6.48. The van der Waals surface area contributed by atoms with Crippen LogP contribution in [0.2, 0.25) is 0 Å². The average molecular weight is 243 g/mol. The first kappa shape index (κ1) is 11.7. The maximum atomic E-state index is 7.34. The smallest absolute Gasteiger partial charge is 0.140 e. The van der Waals surface area contributed by atoms with Crippen LogP contribution in [0.5, 0.6) is 11.5 Å².